The molecule has 2 rings (SSSR count). The highest BCUT2D eigenvalue weighted by Gasteiger charge is 2.27. The third kappa shape index (κ3) is 4.24. The van der Waals surface area contributed by atoms with Crippen molar-refractivity contribution in [2.45, 2.75) is 56.9 Å². The third-order valence-corrected chi connectivity index (χ3v) is 5.99. The minimum absolute atomic E-state index is 0.439. The highest BCUT2D eigenvalue weighted by Crippen LogP contribution is 2.34. The maximum atomic E-state index is 5.83. The second-order valence-electron chi connectivity index (χ2n) is 6.05. The van der Waals surface area contributed by atoms with Crippen LogP contribution in [0.5, 0.6) is 0 Å². The molecule has 3 heteroatoms. The first-order valence-electron chi connectivity index (χ1n) is 7.89. The van der Waals surface area contributed by atoms with Crippen molar-refractivity contribution in [3.8, 4) is 0 Å². The van der Waals surface area contributed by atoms with E-state index in [4.69, 9.17) is 5.84 Å². The van der Waals surface area contributed by atoms with Crippen LogP contribution in [-0.2, 0) is 0 Å². The monoisotopic (exact) mass is 292 g/mol. The highest BCUT2D eigenvalue weighted by molar-refractivity contribution is 7.99. The number of nitrogens with one attached hydrogen (secondary N) is 1. The summed E-state index contributed by atoms with van der Waals surface area (Å²) in [6.45, 7) is 4.50. The molecule has 0 aliphatic heterocycles. The van der Waals surface area contributed by atoms with Crippen molar-refractivity contribution in [3.05, 3.63) is 29.8 Å². The fourth-order valence-electron chi connectivity index (χ4n) is 3.29. The zero-order chi connectivity index (χ0) is 14.4. The summed E-state index contributed by atoms with van der Waals surface area (Å²) < 4.78 is 0. The average molecular weight is 292 g/mol. The minimum atomic E-state index is 0.439. The summed E-state index contributed by atoms with van der Waals surface area (Å²) in [6.07, 6.45) is 6.78. The predicted molar refractivity (Wildman–Crippen MR) is 88.8 cm³/mol. The molecule has 112 valence electrons. The predicted octanol–water partition coefficient (Wildman–Crippen LogP) is 4.14. The number of thioether (sulfide) groups is 1. The molecule has 1 aromatic carbocycles. The molecular weight excluding hydrogens is 264 g/mol. The van der Waals surface area contributed by atoms with Gasteiger partial charge in [-0.05, 0) is 43.2 Å². The maximum Gasteiger partial charge on any atom is 0.0332 e. The van der Waals surface area contributed by atoms with Gasteiger partial charge in [-0.1, -0.05) is 44.4 Å². The normalized spacial score (nSPS) is 24.6. The number of nitrogens with two attached hydrogens (primary N) is 1. The van der Waals surface area contributed by atoms with Crippen LogP contribution in [0, 0.1) is 18.8 Å². The summed E-state index contributed by atoms with van der Waals surface area (Å²) in [7, 11) is 0. The van der Waals surface area contributed by atoms with E-state index in [-0.39, 0.29) is 0 Å². The molecule has 1 aliphatic carbocycles. The van der Waals surface area contributed by atoms with Gasteiger partial charge < -0.3 is 0 Å². The Morgan fingerprint density at radius 1 is 1.35 bits per heavy atom. The molecular formula is C17H28N2S. The smallest absolute Gasteiger partial charge is 0.0332 e. The van der Waals surface area contributed by atoms with Crippen LogP contribution < -0.4 is 11.3 Å². The van der Waals surface area contributed by atoms with Crippen LogP contribution in [0.3, 0.4) is 0 Å². The van der Waals surface area contributed by atoms with Gasteiger partial charge in [-0.25, -0.2) is 0 Å². The molecule has 0 aromatic heterocycles. The number of benzene rings is 1. The van der Waals surface area contributed by atoms with Crippen molar-refractivity contribution in [2.75, 3.05) is 5.75 Å². The van der Waals surface area contributed by atoms with Crippen molar-refractivity contribution in [2.24, 2.45) is 17.7 Å². The highest BCUT2D eigenvalue weighted by atomic mass is 32.2. The molecule has 1 saturated carbocycles. The molecule has 1 aromatic rings. The van der Waals surface area contributed by atoms with Gasteiger partial charge >= 0.3 is 0 Å². The summed E-state index contributed by atoms with van der Waals surface area (Å²) in [6, 6.07) is 9.05. The molecule has 0 saturated heterocycles. The molecule has 0 spiro atoms. The summed E-state index contributed by atoms with van der Waals surface area (Å²) in [4.78, 5) is 1.38. The number of hydrazine groups is 1. The van der Waals surface area contributed by atoms with E-state index >= 15 is 0 Å². The summed E-state index contributed by atoms with van der Waals surface area (Å²) >= 11 is 1.94. The van der Waals surface area contributed by atoms with Gasteiger partial charge in [-0.2, -0.15) is 0 Å². The SMILES string of the molecule is CCC1CCCC(C(CSc2ccccc2C)NN)C1. The quantitative estimate of drug-likeness (QED) is 0.470. The van der Waals surface area contributed by atoms with Crippen LogP contribution >= 0.6 is 11.8 Å². The van der Waals surface area contributed by atoms with Crippen LogP contribution in [0.4, 0.5) is 0 Å². The fourth-order valence-corrected chi connectivity index (χ4v) is 4.49. The minimum Gasteiger partial charge on any atom is -0.271 e. The van der Waals surface area contributed by atoms with Crippen LogP contribution in [-0.4, -0.2) is 11.8 Å². The largest absolute Gasteiger partial charge is 0.271 e. The Hall–Kier alpha value is -0.510. The van der Waals surface area contributed by atoms with Gasteiger partial charge in [-0.3, -0.25) is 11.3 Å². The third-order valence-electron chi connectivity index (χ3n) is 4.70. The van der Waals surface area contributed by atoms with E-state index in [1.807, 2.05) is 11.8 Å². The lowest BCUT2D eigenvalue weighted by molar-refractivity contribution is 0.219. The molecule has 1 fully saturated rings. The van der Waals surface area contributed by atoms with Gasteiger partial charge in [0.25, 0.3) is 0 Å². The van der Waals surface area contributed by atoms with Gasteiger partial charge in [0.2, 0.25) is 0 Å². The van der Waals surface area contributed by atoms with Gasteiger partial charge in [0.1, 0.15) is 0 Å². The van der Waals surface area contributed by atoms with E-state index in [0.29, 0.717) is 6.04 Å². The van der Waals surface area contributed by atoms with E-state index in [1.54, 1.807) is 0 Å². The molecule has 2 nitrogen and oxygen atoms in total. The second kappa shape index (κ2) is 8.06. The zero-order valence-electron chi connectivity index (χ0n) is 12.8. The standard InChI is InChI=1S/C17H28N2S/c1-3-14-8-6-9-15(11-14)16(19-18)12-20-17-10-5-4-7-13(17)2/h4-5,7,10,14-16,19H,3,6,8-9,11-12,18H2,1-2H3. The average Bonchev–Trinajstić information content (AvgIpc) is 2.50. The van der Waals surface area contributed by atoms with Crippen molar-refractivity contribution in [1.29, 1.82) is 0 Å². The second-order valence-corrected chi connectivity index (χ2v) is 7.11. The Kier molecular flexibility index (Phi) is 6.40. The Morgan fingerprint density at radius 3 is 2.85 bits per heavy atom. The van der Waals surface area contributed by atoms with Crippen LogP contribution in [0.15, 0.2) is 29.2 Å². The van der Waals surface area contributed by atoms with Crippen molar-refractivity contribution in [1.82, 2.24) is 5.43 Å². The number of rotatable bonds is 6. The molecule has 1 aliphatic rings. The fraction of sp³-hybridized carbons (Fsp3) is 0.647. The summed E-state index contributed by atoms with van der Waals surface area (Å²) in [5.74, 6) is 8.56. The maximum absolute atomic E-state index is 5.83. The molecule has 3 atom stereocenters. The molecule has 0 amide bonds. The number of hydrogen-bond donors (Lipinski definition) is 2. The Bertz CT molecular complexity index is 408. The van der Waals surface area contributed by atoms with Gasteiger partial charge in [0, 0.05) is 16.7 Å². The van der Waals surface area contributed by atoms with Crippen LogP contribution in [0.25, 0.3) is 0 Å². The zero-order valence-corrected chi connectivity index (χ0v) is 13.6. The molecule has 0 bridgehead atoms. The van der Waals surface area contributed by atoms with Gasteiger partial charge in [0.15, 0.2) is 0 Å². The van der Waals surface area contributed by atoms with Crippen molar-refractivity contribution < 1.29 is 0 Å². The lowest BCUT2D eigenvalue weighted by Crippen LogP contribution is -2.44. The Morgan fingerprint density at radius 2 is 2.15 bits per heavy atom. The lowest BCUT2D eigenvalue weighted by atomic mass is 9.77. The van der Waals surface area contributed by atoms with Gasteiger partial charge in [0.05, 0.1) is 0 Å². The molecule has 0 radical (unpaired) electrons. The Balaban J connectivity index is 1.90. The molecule has 0 heterocycles. The molecule has 3 unspecified atom stereocenters. The molecule has 3 N–H and O–H groups in total. The lowest BCUT2D eigenvalue weighted by Gasteiger charge is -2.34. The summed E-state index contributed by atoms with van der Waals surface area (Å²) in [5.41, 5.74) is 4.45. The topological polar surface area (TPSA) is 38.0 Å². The van der Waals surface area contributed by atoms with Gasteiger partial charge in [-0.15, -0.1) is 11.8 Å². The van der Waals surface area contributed by atoms with E-state index in [0.717, 1.165) is 17.6 Å². The van der Waals surface area contributed by atoms with Crippen LogP contribution in [0.1, 0.15) is 44.6 Å². The summed E-state index contributed by atoms with van der Waals surface area (Å²) in [5, 5.41) is 0. The Labute approximate surface area is 127 Å². The van der Waals surface area contributed by atoms with E-state index in [9.17, 15) is 0 Å². The first-order chi connectivity index (χ1) is 9.74. The number of aryl methyl sites for hydroxylation is 1. The van der Waals surface area contributed by atoms with Crippen LogP contribution in [0.2, 0.25) is 0 Å². The van der Waals surface area contributed by atoms with E-state index in [2.05, 4.69) is 43.5 Å². The first kappa shape index (κ1) is 15.9. The van der Waals surface area contributed by atoms with E-state index in [1.165, 1.54) is 42.6 Å². The first-order valence-corrected chi connectivity index (χ1v) is 8.87. The number of hydrogen-bond acceptors (Lipinski definition) is 3. The van der Waals surface area contributed by atoms with Crippen molar-refractivity contribution >= 4 is 11.8 Å². The molecule has 20 heavy (non-hydrogen) atoms. The van der Waals surface area contributed by atoms with E-state index < -0.39 is 0 Å². The van der Waals surface area contributed by atoms with Crippen molar-refractivity contribution in [3.63, 3.8) is 0 Å².